The van der Waals surface area contributed by atoms with Crippen LogP contribution in [0, 0.1) is 5.82 Å². The Balaban J connectivity index is 2.07. The van der Waals surface area contributed by atoms with E-state index in [0.29, 0.717) is 19.4 Å². The van der Waals surface area contributed by atoms with Crippen molar-refractivity contribution in [3.8, 4) is 0 Å². The van der Waals surface area contributed by atoms with Crippen LogP contribution in [-0.4, -0.2) is 43.7 Å². The van der Waals surface area contributed by atoms with Crippen molar-refractivity contribution in [1.82, 2.24) is 10.2 Å². The van der Waals surface area contributed by atoms with Gasteiger partial charge < -0.3 is 15.0 Å². The zero-order valence-corrected chi connectivity index (χ0v) is 12.0. The number of hydrogen-bond acceptors (Lipinski definition) is 3. The molecule has 0 bridgehead atoms. The molecule has 2 rings (SSSR count). The van der Waals surface area contributed by atoms with E-state index in [1.165, 1.54) is 12.1 Å². The Morgan fingerprint density at radius 3 is 2.75 bits per heavy atom. The summed E-state index contributed by atoms with van der Waals surface area (Å²) < 4.78 is 18.7. The van der Waals surface area contributed by atoms with E-state index in [-0.39, 0.29) is 11.7 Å². The maximum Gasteiger partial charge on any atom is 0.254 e. The lowest BCUT2D eigenvalue weighted by Crippen LogP contribution is -2.54. The Kier molecular flexibility index (Phi) is 4.73. The second-order valence-electron chi connectivity index (χ2n) is 5.24. The van der Waals surface area contributed by atoms with Gasteiger partial charge in [-0.2, -0.15) is 0 Å². The number of halogens is 1. The predicted molar refractivity (Wildman–Crippen MR) is 74.7 cm³/mol. The van der Waals surface area contributed by atoms with Crippen molar-refractivity contribution in [1.29, 1.82) is 0 Å². The number of carbonyl (C=O) groups excluding carboxylic acids is 1. The Bertz CT molecular complexity index is 473. The van der Waals surface area contributed by atoms with E-state index in [9.17, 15) is 9.18 Å². The lowest BCUT2D eigenvalue weighted by atomic mass is 9.90. The fraction of sp³-hybridized carbons (Fsp3) is 0.533. The summed E-state index contributed by atoms with van der Waals surface area (Å²) in [5, 5.41) is 3.22. The minimum Gasteiger partial charge on any atom is -0.368 e. The van der Waals surface area contributed by atoms with Crippen LogP contribution < -0.4 is 5.32 Å². The molecular formula is C15H21FN2O2. The summed E-state index contributed by atoms with van der Waals surface area (Å²) in [4.78, 5) is 14.2. The van der Waals surface area contributed by atoms with Crippen LogP contribution in [0.1, 0.15) is 18.4 Å². The minimum atomic E-state index is -0.743. The smallest absolute Gasteiger partial charge is 0.254 e. The Hall–Kier alpha value is -1.46. The summed E-state index contributed by atoms with van der Waals surface area (Å²) in [6.45, 7) is 1.93. The Morgan fingerprint density at radius 1 is 1.45 bits per heavy atom. The zero-order chi connectivity index (χ0) is 14.6. The number of nitrogens with one attached hydrogen (secondary N) is 1. The van der Waals surface area contributed by atoms with Crippen molar-refractivity contribution >= 4 is 5.91 Å². The van der Waals surface area contributed by atoms with Gasteiger partial charge in [0.2, 0.25) is 0 Å². The number of rotatable bonds is 4. The van der Waals surface area contributed by atoms with E-state index in [0.717, 1.165) is 18.7 Å². The molecule has 4 nitrogen and oxygen atoms in total. The third kappa shape index (κ3) is 3.16. The highest BCUT2D eigenvalue weighted by atomic mass is 19.1. The second-order valence-corrected chi connectivity index (χ2v) is 5.24. The van der Waals surface area contributed by atoms with Crippen LogP contribution in [0.15, 0.2) is 24.3 Å². The second kappa shape index (κ2) is 6.33. The highest BCUT2D eigenvalue weighted by molar-refractivity contribution is 5.85. The number of amides is 1. The van der Waals surface area contributed by atoms with Crippen LogP contribution in [-0.2, 0) is 16.1 Å². The summed E-state index contributed by atoms with van der Waals surface area (Å²) in [5.41, 5.74) is 0.0360. The fourth-order valence-electron chi connectivity index (χ4n) is 2.66. The number of carbonyl (C=O) groups is 1. The van der Waals surface area contributed by atoms with E-state index in [1.54, 1.807) is 25.1 Å². The molecule has 1 aliphatic rings. The van der Waals surface area contributed by atoms with Gasteiger partial charge in [-0.05, 0) is 43.6 Å². The van der Waals surface area contributed by atoms with Crippen LogP contribution in [0.5, 0.6) is 0 Å². The molecule has 0 unspecified atom stereocenters. The topological polar surface area (TPSA) is 41.6 Å². The number of nitrogens with zero attached hydrogens (tertiary/aromatic N) is 1. The average Bonchev–Trinajstić information content (AvgIpc) is 2.47. The quantitative estimate of drug-likeness (QED) is 0.910. The first kappa shape index (κ1) is 14.9. The fourth-order valence-corrected chi connectivity index (χ4v) is 2.66. The molecule has 1 aromatic rings. The normalized spacial score (nSPS) is 17.8. The van der Waals surface area contributed by atoms with Gasteiger partial charge in [0.05, 0.1) is 0 Å². The number of likely N-dealkylation sites (N-methyl/N-ethyl adjacent to an activating group) is 1. The average molecular weight is 280 g/mol. The van der Waals surface area contributed by atoms with E-state index >= 15 is 0 Å². The first-order valence-corrected chi connectivity index (χ1v) is 6.83. The van der Waals surface area contributed by atoms with Crippen molar-refractivity contribution in [3.63, 3.8) is 0 Å². The molecule has 110 valence electrons. The molecule has 20 heavy (non-hydrogen) atoms. The summed E-state index contributed by atoms with van der Waals surface area (Å²) in [6.07, 6.45) is 1.33. The van der Waals surface area contributed by atoms with Gasteiger partial charge >= 0.3 is 0 Å². The molecular weight excluding hydrogens is 259 g/mol. The van der Waals surface area contributed by atoms with E-state index < -0.39 is 5.60 Å². The number of benzene rings is 1. The SMILES string of the molecule is COC1(C(=O)N(C)Cc2cccc(F)c2)CCNCC1. The molecule has 1 amide bonds. The van der Waals surface area contributed by atoms with Crippen molar-refractivity contribution in [2.24, 2.45) is 0 Å². The monoisotopic (exact) mass is 280 g/mol. The first-order valence-electron chi connectivity index (χ1n) is 6.83. The lowest BCUT2D eigenvalue weighted by molar-refractivity contribution is -0.157. The van der Waals surface area contributed by atoms with Crippen molar-refractivity contribution in [2.45, 2.75) is 25.0 Å². The molecule has 0 spiro atoms. The molecule has 0 aromatic heterocycles. The number of hydrogen-bond donors (Lipinski definition) is 1. The molecule has 1 heterocycles. The highest BCUT2D eigenvalue weighted by Gasteiger charge is 2.41. The molecule has 0 radical (unpaired) electrons. The molecule has 0 atom stereocenters. The summed E-state index contributed by atoms with van der Waals surface area (Å²) in [7, 11) is 3.31. The van der Waals surface area contributed by atoms with Gasteiger partial charge in [-0.1, -0.05) is 12.1 Å². The van der Waals surface area contributed by atoms with Crippen LogP contribution in [0.4, 0.5) is 4.39 Å². The molecule has 1 saturated heterocycles. The van der Waals surface area contributed by atoms with Gasteiger partial charge in [-0.15, -0.1) is 0 Å². The number of piperidine rings is 1. The molecule has 5 heteroatoms. The maximum atomic E-state index is 13.2. The van der Waals surface area contributed by atoms with Crippen molar-refractivity contribution in [3.05, 3.63) is 35.6 Å². The predicted octanol–water partition coefficient (Wildman–Crippen LogP) is 1.55. The molecule has 0 aliphatic carbocycles. The standard InChI is InChI=1S/C15H21FN2O2/c1-18(11-12-4-3-5-13(16)10-12)14(19)15(20-2)6-8-17-9-7-15/h3-5,10,17H,6-9,11H2,1-2H3. The Morgan fingerprint density at radius 2 is 2.15 bits per heavy atom. The maximum absolute atomic E-state index is 13.2. The van der Waals surface area contributed by atoms with E-state index in [4.69, 9.17) is 4.74 Å². The van der Waals surface area contributed by atoms with Crippen LogP contribution in [0.2, 0.25) is 0 Å². The van der Waals surface area contributed by atoms with Crippen molar-refractivity contribution < 1.29 is 13.9 Å². The number of methoxy groups -OCH3 is 1. The first-order chi connectivity index (χ1) is 9.57. The molecule has 1 aliphatic heterocycles. The summed E-state index contributed by atoms with van der Waals surface area (Å²) in [5.74, 6) is -0.322. The molecule has 1 fully saturated rings. The summed E-state index contributed by atoms with van der Waals surface area (Å²) >= 11 is 0. The molecule has 1 aromatic carbocycles. The van der Waals surface area contributed by atoms with Crippen molar-refractivity contribution in [2.75, 3.05) is 27.2 Å². The molecule has 1 N–H and O–H groups in total. The van der Waals surface area contributed by atoms with Gasteiger partial charge in [0.25, 0.3) is 5.91 Å². The third-order valence-electron chi connectivity index (χ3n) is 3.85. The van der Waals surface area contributed by atoms with Gasteiger partial charge in [-0.25, -0.2) is 4.39 Å². The largest absolute Gasteiger partial charge is 0.368 e. The molecule has 0 saturated carbocycles. The number of ether oxygens (including phenoxy) is 1. The highest BCUT2D eigenvalue weighted by Crippen LogP contribution is 2.25. The van der Waals surface area contributed by atoms with Crippen LogP contribution in [0.25, 0.3) is 0 Å². The van der Waals surface area contributed by atoms with Gasteiger partial charge in [-0.3, -0.25) is 4.79 Å². The Labute approximate surface area is 118 Å². The minimum absolute atomic E-state index is 0.0363. The lowest BCUT2D eigenvalue weighted by Gasteiger charge is -2.37. The van der Waals surface area contributed by atoms with Gasteiger partial charge in [0.15, 0.2) is 0 Å². The van der Waals surface area contributed by atoms with Crippen LogP contribution in [0.3, 0.4) is 0 Å². The summed E-state index contributed by atoms with van der Waals surface area (Å²) in [6, 6.07) is 6.31. The van der Waals surface area contributed by atoms with Gasteiger partial charge in [0.1, 0.15) is 11.4 Å². The van der Waals surface area contributed by atoms with Gasteiger partial charge in [0, 0.05) is 20.7 Å². The van der Waals surface area contributed by atoms with Crippen LogP contribution >= 0.6 is 0 Å². The third-order valence-corrected chi connectivity index (χ3v) is 3.85. The van der Waals surface area contributed by atoms with E-state index in [2.05, 4.69) is 5.32 Å². The van der Waals surface area contributed by atoms with E-state index in [1.807, 2.05) is 6.07 Å². The zero-order valence-electron chi connectivity index (χ0n) is 12.0.